The fraction of sp³-hybridized carbons (Fsp3) is 0.429. The van der Waals surface area contributed by atoms with Crippen molar-refractivity contribution in [2.75, 3.05) is 13.7 Å². The number of aryl methyl sites for hydroxylation is 2. The molecule has 1 fully saturated rings. The molecule has 1 N–H and O–H groups in total. The minimum Gasteiger partial charge on any atom is -0.478 e. The molecule has 6 nitrogen and oxygen atoms in total. The van der Waals surface area contributed by atoms with Gasteiger partial charge in [0.2, 0.25) is 5.91 Å². The molecule has 0 radical (unpaired) electrons. The molecule has 2 atom stereocenters. The van der Waals surface area contributed by atoms with E-state index in [1.54, 1.807) is 18.9 Å². The first kappa shape index (κ1) is 19.2. The SMILES string of the molecule is Cc1ccc([C@H]2OCCC[C@H]2C(=O)N(C)Cc2cc(C(=O)O)c(C)o2)cc1. The van der Waals surface area contributed by atoms with Gasteiger partial charge < -0.3 is 19.2 Å². The van der Waals surface area contributed by atoms with Gasteiger partial charge in [0.05, 0.1) is 18.6 Å². The van der Waals surface area contributed by atoms with Crippen LogP contribution >= 0.6 is 0 Å². The van der Waals surface area contributed by atoms with Crippen LogP contribution < -0.4 is 0 Å². The third-order valence-corrected chi connectivity index (χ3v) is 5.01. The molecule has 0 bridgehead atoms. The third-order valence-electron chi connectivity index (χ3n) is 5.01. The number of ether oxygens (including phenoxy) is 1. The van der Waals surface area contributed by atoms with E-state index in [2.05, 4.69) is 0 Å². The quantitative estimate of drug-likeness (QED) is 0.866. The maximum Gasteiger partial charge on any atom is 0.339 e. The van der Waals surface area contributed by atoms with Crippen molar-refractivity contribution in [3.63, 3.8) is 0 Å². The smallest absolute Gasteiger partial charge is 0.339 e. The zero-order valence-electron chi connectivity index (χ0n) is 15.9. The summed E-state index contributed by atoms with van der Waals surface area (Å²) in [5.41, 5.74) is 2.30. The van der Waals surface area contributed by atoms with Crippen molar-refractivity contribution < 1.29 is 23.8 Å². The lowest BCUT2D eigenvalue weighted by Crippen LogP contribution is -2.38. The zero-order valence-corrected chi connectivity index (χ0v) is 15.9. The second-order valence-corrected chi connectivity index (χ2v) is 7.13. The Morgan fingerprint density at radius 3 is 2.56 bits per heavy atom. The second-order valence-electron chi connectivity index (χ2n) is 7.13. The lowest BCUT2D eigenvalue weighted by atomic mass is 9.88. The summed E-state index contributed by atoms with van der Waals surface area (Å²) >= 11 is 0. The van der Waals surface area contributed by atoms with Crippen LogP contribution in [0.4, 0.5) is 0 Å². The Bertz CT molecular complexity index is 824. The number of furan rings is 1. The molecule has 0 unspecified atom stereocenters. The summed E-state index contributed by atoms with van der Waals surface area (Å²) in [6.07, 6.45) is 1.34. The van der Waals surface area contributed by atoms with E-state index in [9.17, 15) is 9.59 Å². The van der Waals surface area contributed by atoms with Gasteiger partial charge in [-0.05, 0) is 38.3 Å². The lowest BCUT2D eigenvalue weighted by Gasteiger charge is -2.33. The van der Waals surface area contributed by atoms with Crippen LogP contribution in [-0.4, -0.2) is 35.5 Å². The van der Waals surface area contributed by atoms with E-state index in [-0.39, 0.29) is 30.0 Å². The highest BCUT2D eigenvalue weighted by Crippen LogP contribution is 2.35. The van der Waals surface area contributed by atoms with E-state index in [0.29, 0.717) is 18.1 Å². The number of benzene rings is 1. The highest BCUT2D eigenvalue weighted by atomic mass is 16.5. The first-order valence-corrected chi connectivity index (χ1v) is 9.12. The standard InChI is InChI=1S/C21H25NO5/c1-13-6-8-15(9-7-13)19-17(5-4-10-26-19)20(23)22(3)12-16-11-18(21(24)25)14(2)27-16/h6-9,11,17,19H,4-5,10,12H2,1-3H3,(H,24,25)/t17-,19-/m1/s1. The molecule has 1 aromatic carbocycles. The fourth-order valence-corrected chi connectivity index (χ4v) is 3.55. The normalized spacial score (nSPS) is 19.7. The average Bonchev–Trinajstić information content (AvgIpc) is 3.02. The van der Waals surface area contributed by atoms with E-state index < -0.39 is 5.97 Å². The van der Waals surface area contributed by atoms with E-state index in [1.807, 2.05) is 31.2 Å². The number of carbonyl (C=O) groups is 2. The molecule has 3 rings (SSSR count). The third kappa shape index (κ3) is 4.22. The Labute approximate surface area is 158 Å². The number of rotatable bonds is 5. The Morgan fingerprint density at radius 2 is 1.93 bits per heavy atom. The van der Waals surface area contributed by atoms with Crippen molar-refractivity contribution in [2.45, 2.75) is 39.3 Å². The Balaban J connectivity index is 1.74. The summed E-state index contributed by atoms with van der Waals surface area (Å²) in [7, 11) is 1.71. The monoisotopic (exact) mass is 371 g/mol. The Morgan fingerprint density at radius 1 is 1.22 bits per heavy atom. The summed E-state index contributed by atoms with van der Waals surface area (Å²) in [5.74, 6) is -0.509. The number of hydrogen-bond donors (Lipinski definition) is 1. The molecule has 144 valence electrons. The highest BCUT2D eigenvalue weighted by molar-refractivity contribution is 5.88. The molecule has 0 saturated carbocycles. The van der Waals surface area contributed by atoms with Gasteiger partial charge in [-0.15, -0.1) is 0 Å². The van der Waals surface area contributed by atoms with Crippen LogP contribution in [0.15, 0.2) is 34.7 Å². The number of hydrogen-bond acceptors (Lipinski definition) is 4. The first-order chi connectivity index (χ1) is 12.9. The van der Waals surface area contributed by atoms with E-state index >= 15 is 0 Å². The van der Waals surface area contributed by atoms with Crippen molar-refractivity contribution in [2.24, 2.45) is 5.92 Å². The number of aromatic carboxylic acids is 1. The van der Waals surface area contributed by atoms with Crippen LogP contribution in [0, 0.1) is 19.8 Å². The molecule has 0 spiro atoms. The maximum atomic E-state index is 13.1. The van der Waals surface area contributed by atoms with Gasteiger partial charge in [-0.2, -0.15) is 0 Å². The van der Waals surface area contributed by atoms with Crippen LogP contribution in [0.5, 0.6) is 0 Å². The number of nitrogens with zero attached hydrogens (tertiary/aromatic N) is 1. The van der Waals surface area contributed by atoms with Gasteiger partial charge in [0.25, 0.3) is 0 Å². The Hall–Kier alpha value is -2.60. The summed E-state index contributed by atoms with van der Waals surface area (Å²) in [5, 5.41) is 9.15. The molecule has 2 aromatic rings. The van der Waals surface area contributed by atoms with Crippen molar-refractivity contribution in [1.29, 1.82) is 0 Å². The number of carboxylic acid groups (broad SMARTS) is 1. The topological polar surface area (TPSA) is 80.0 Å². The molecular formula is C21H25NO5. The molecule has 1 aliphatic rings. The van der Waals surface area contributed by atoms with Crippen molar-refractivity contribution >= 4 is 11.9 Å². The van der Waals surface area contributed by atoms with Gasteiger partial charge in [0.1, 0.15) is 17.1 Å². The van der Waals surface area contributed by atoms with Gasteiger partial charge in [-0.25, -0.2) is 4.79 Å². The number of amides is 1. The van der Waals surface area contributed by atoms with Crippen molar-refractivity contribution in [1.82, 2.24) is 4.90 Å². The number of carboxylic acids is 1. The molecule has 27 heavy (non-hydrogen) atoms. The summed E-state index contributed by atoms with van der Waals surface area (Å²) in [4.78, 5) is 25.8. The summed E-state index contributed by atoms with van der Waals surface area (Å²) in [6.45, 7) is 4.51. The van der Waals surface area contributed by atoms with Crippen molar-refractivity contribution in [3.8, 4) is 0 Å². The summed E-state index contributed by atoms with van der Waals surface area (Å²) < 4.78 is 11.4. The molecule has 1 aliphatic heterocycles. The van der Waals surface area contributed by atoms with Crippen LogP contribution in [0.3, 0.4) is 0 Å². The fourth-order valence-electron chi connectivity index (χ4n) is 3.55. The minimum absolute atomic E-state index is 0.0220. The average molecular weight is 371 g/mol. The molecular weight excluding hydrogens is 346 g/mol. The molecule has 1 aromatic heterocycles. The Kier molecular flexibility index (Phi) is 5.65. The van der Waals surface area contributed by atoms with E-state index in [1.165, 1.54) is 6.07 Å². The highest BCUT2D eigenvalue weighted by Gasteiger charge is 2.35. The predicted octanol–water partition coefficient (Wildman–Crippen LogP) is 3.72. The first-order valence-electron chi connectivity index (χ1n) is 9.12. The van der Waals surface area contributed by atoms with Gasteiger partial charge in [0.15, 0.2) is 0 Å². The van der Waals surface area contributed by atoms with Crippen LogP contribution in [-0.2, 0) is 16.1 Å². The van der Waals surface area contributed by atoms with Gasteiger partial charge in [-0.3, -0.25) is 4.79 Å². The molecule has 6 heteroatoms. The summed E-state index contributed by atoms with van der Waals surface area (Å²) in [6, 6.07) is 9.56. The number of carbonyl (C=O) groups excluding carboxylic acids is 1. The van der Waals surface area contributed by atoms with Crippen LogP contribution in [0.1, 0.15) is 52.0 Å². The molecule has 1 saturated heterocycles. The van der Waals surface area contributed by atoms with E-state index in [4.69, 9.17) is 14.3 Å². The van der Waals surface area contributed by atoms with Crippen molar-refractivity contribution in [3.05, 3.63) is 58.5 Å². The molecule has 2 heterocycles. The maximum absolute atomic E-state index is 13.1. The largest absolute Gasteiger partial charge is 0.478 e. The molecule has 0 aliphatic carbocycles. The van der Waals surface area contributed by atoms with Crippen LogP contribution in [0.25, 0.3) is 0 Å². The second kappa shape index (κ2) is 7.96. The van der Waals surface area contributed by atoms with Crippen LogP contribution in [0.2, 0.25) is 0 Å². The molecule has 1 amide bonds. The van der Waals surface area contributed by atoms with Gasteiger partial charge in [-0.1, -0.05) is 29.8 Å². The zero-order chi connectivity index (χ0) is 19.6. The van der Waals surface area contributed by atoms with E-state index in [0.717, 1.165) is 24.0 Å². The lowest BCUT2D eigenvalue weighted by molar-refractivity contribution is -0.145. The predicted molar refractivity (Wildman–Crippen MR) is 99.5 cm³/mol. The minimum atomic E-state index is -1.03. The van der Waals surface area contributed by atoms with Gasteiger partial charge >= 0.3 is 5.97 Å². The van der Waals surface area contributed by atoms with Gasteiger partial charge in [0, 0.05) is 13.7 Å².